The molecule has 1 amide bonds. The lowest BCUT2D eigenvalue weighted by Gasteiger charge is -2.35. The van der Waals surface area contributed by atoms with Crippen LogP contribution in [0.3, 0.4) is 0 Å². The number of nitrogens with zero attached hydrogens (tertiary/aromatic N) is 1. The predicted molar refractivity (Wildman–Crippen MR) is 105 cm³/mol. The fourth-order valence-corrected chi connectivity index (χ4v) is 3.72. The molecule has 1 aliphatic rings. The number of carbonyl (C=O) groups excluding carboxylic acids is 1. The van der Waals surface area contributed by atoms with Crippen LogP contribution >= 0.6 is 0 Å². The molecule has 1 unspecified atom stereocenters. The molecule has 0 radical (unpaired) electrons. The van der Waals surface area contributed by atoms with Gasteiger partial charge in [-0.3, -0.25) is 9.00 Å². The number of aromatic nitrogens is 1. The van der Waals surface area contributed by atoms with Crippen molar-refractivity contribution in [3.8, 4) is 11.3 Å². The van der Waals surface area contributed by atoms with Gasteiger partial charge in [-0.15, -0.1) is 0 Å². The van der Waals surface area contributed by atoms with Gasteiger partial charge in [0.05, 0.1) is 5.41 Å². The number of amides is 1. The zero-order chi connectivity index (χ0) is 19.3. The van der Waals surface area contributed by atoms with Crippen LogP contribution in [0.25, 0.3) is 11.3 Å². The van der Waals surface area contributed by atoms with Gasteiger partial charge in [0.1, 0.15) is 11.5 Å². The van der Waals surface area contributed by atoms with E-state index in [1.807, 2.05) is 37.3 Å². The lowest BCUT2D eigenvalue weighted by molar-refractivity contribution is -0.136. The number of ether oxygens (including phenoxy) is 1. The lowest BCUT2D eigenvalue weighted by atomic mass is 9.75. The van der Waals surface area contributed by atoms with Gasteiger partial charge < -0.3 is 14.6 Å². The van der Waals surface area contributed by atoms with Crippen LogP contribution in [-0.2, 0) is 26.8 Å². The minimum Gasteiger partial charge on any atom is -0.381 e. The van der Waals surface area contributed by atoms with E-state index in [4.69, 9.17) is 9.26 Å². The lowest BCUT2D eigenvalue weighted by Crippen LogP contribution is -2.47. The molecule has 6 nitrogen and oxygen atoms in total. The van der Waals surface area contributed by atoms with Crippen molar-refractivity contribution in [3.63, 3.8) is 0 Å². The first kappa shape index (κ1) is 19.8. The number of rotatable bonds is 7. The Labute approximate surface area is 162 Å². The summed E-state index contributed by atoms with van der Waals surface area (Å²) in [6, 6.07) is 10.0. The maximum absolute atomic E-state index is 12.9. The Morgan fingerprint density at radius 2 is 1.96 bits per heavy atom. The quantitative estimate of drug-likeness (QED) is 0.785. The van der Waals surface area contributed by atoms with Crippen LogP contribution in [-0.4, -0.2) is 47.0 Å². The summed E-state index contributed by atoms with van der Waals surface area (Å²) in [7, 11) is -0.926. The Morgan fingerprint density at radius 3 is 2.63 bits per heavy atom. The van der Waals surface area contributed by atoms with Crippen LogP contribution in [0.4, 0.5) is 0 Å². The number of benzene rings is 1. The number of carbonyl (C=O) groups is 1. The summed E-state index contributed by atoms with van der Waals surface area (Å²) in [5, 5.41) is 7.12. The van der Waals surface area contributed by atoms with Crippen molar-refractivity contribution in [2.75, 3.05) is 31.8 Å². The monoisotopic (exact) mass is 390 g/mol. The van der Waals surface area contributed by atoms with Gasteiger partial charge in [-0.1, -0.05) is 35.0 Å². The number of nitrogens with one attached hydrogen (secondary N) is 1. The Kier molecular flexibility index (Phi) is 6.44. The predicted octanol–water partition coefficient (Wildman–Crippen LogP) is 2.48. The normalized spacial score (nSPS) is 17.4. The molecule has 0 saturated carbocycles. The molecule has 0 spiro atoms. The second-order valence-electron chi connectivity index (χ2n) is 7.15. The molecule has 146 valence electrons. The highest BCUT2D eigenvalue weighted by molar-refractivity contribution is 7.84. The van der Waals surface area contributed by atoms with Gasteiger partial charge in [-0.05, 0) is 19.8 Å². The first-order chi connectivity index (χ1) is 13.0. The van der Waals surface area contributed by atoms with Gasteiger partial charge in [0.15, 0.2) is 0 Å². The molecule has 1 aliphatic heterocycles. The van der Waals surface area contributed by atoms with E-state index in [0.29, 0.717) is 50.5 Å². The van der Waals surface area contributed by atoms with Gasteiger partial charge in [-0.25, -0.2) is 0 Å². The summed E-state index contributed by atoms with van der Waals surface area (Å²) < 4.78 is 22.3. The molecule has 27 heavy (non-hydrogen) atoms. The van der Waals surface area contributed by atoms with Crippen LogP contribution < -0.4 is 5.32 Å². The van der Waals surface area contributed by atoms with E-state index in [-0.39, 0.29) is 5.91 Å². The average Bonchev–Trinajstić information content (AvgIpc) is 3.11. The Morgan fingerprint density at radius 1 is 1.26 bits per heavy atom. The Hall–Kier alpha value is -1.99. The molecule has 0 bridgehead atoms. The highest BCUT2D eigenvalue weighted by Gasteiger charge is 2.41. The number of hydrogen-bond donors (Lipinski definition) is 1. The second-order valence-corrected chi connectivity index (χ2v) is 8.70. The molecule has 1 saturated heterocycles. The summed E-state index contributed by atoms with van der Waals surface area (Å²) in [6.07, 6.45) is 3.39. The first-order valence-electron chi connectivity index (χ1n) is 9.17. The Bertz CT molecular complexity index is 795. The molecule has 1 fully saturated rings. The highest BCUT2D eigenvalue weighted by atomic mass is 32.2. The van der Waals surface area contributed by atoms with Crippen molar-refractivity contribution in [2.24, 2.45) is 5.41 Å². The third-order valence-electron chi connectivity index (χ3n) is 5.03. The largest absolute Gasteiger partial charge is 0.381 e. The SMILES string of the molecule is Cc1ccc(-c2cc(CC3(C(=O)NCCS(C)=O)CCOCC3)on2)cc1. The summed E-state index contributed by atoms with van der Waals surface area (Å²) in [5.74, 6) is 1.13. The van der Waals surface area contributed by atoms with Crippen LogP contribution in [0.15, 0.2) is 34.9 Å². The topological polar surface area (TPSA) is 81.4 Å². The van der Waals surface area contributed by atoms with E-state index >= 15 is 0 Å². The number of aryl methyl sites for hydroxylation is 1. The van der Waals surface area contributed by atoms with Crippen LogP contribution in [0.5, 0.6) is 0 Å². The number of hydrogen-bond acceptors (Lipinski definition) is 5. The molecule has 1 aromatic heterocycles. The molecule has 0 aliphatic carbocycles. The van der Waals surface area contributed by atoms with Gasteiger partial charge in [-0.2, -0.15) is 0 Å². The zero-order valence-electron chi connectivity index (χ0n) is 15.8. The molecule has 1 atom stereocenters. The fraction of sp³-hybridized carbons (Fsp3) is 0.500. The summed E-state index contributed by atoms with van der Waals surface area (Å²) in [4.78, 5) is 12.9. The van der Waals surface area contributed by atoms with Crippen molar-refractivity contribution < 1.29 is 18.3 Å². The van der Waals surface area contributed by atoms with Gasteiger partial charge in [0, 0.05) is 60.6 Å². The van der Waals surface area contributed by atoms with Crippen LogP contribution in [0, 0.1) is 12.3 Å². The third kappa shape index (κ3) is 5.05. The van der Waals surface area contributed by atoms with Crippen molar-refractivity contribution >= 4 is 16.7 Å². The summed E-state index contributed by atoms with van der Waals surface area (Å²) in [6.45, 7) is 3.55. The standard InChI is InChI=1S/C20H26N2O4S/c1-15-3-5-16(6-4-15)18-13-17(26-22-18)14-20(7-10-25-11-8-20)19(23)21-9-12-27(2)24/h3-6,13H,7-12,14H2,1-2H3,(H,21,23). The van der Waals surface area contributed by atoms with Gasteiger partial charge >= 0.3 is 0 Å². The minimum absolute atomic E-state index is 0.0236. The Balaban J connectivity index is 1.73. The van der Waals surface area contributed by atoms with Crippen molar-refractivity contribution in [3.05, 3.63) is 41.7 Å². The summed E-state index contributed by atoms with van der Waals surface area (Å²) >= 11 is 0. The molecule has 3 rings (SSSR count). The molecule has 2 heterocycles. The smallest absolute Gasteiger partial charge is 0.226 e. The highest BCUT2D eigenvalue weighted by Crippen LogP contribution is 2.35. The van der Waals surface area contributed by atoms with Crippen LogP contribution in [0.2, 0.25) is 0 Å². The molecule has 1 aromatic carbocycles. The molecule has 1 N–H and O–H groups in total. The average molecular weight is 391 g/mol. The van der Waals surface area contributed by atoms with E-state index in [9.17, 15) is 9.00 Å². The second kappa shape index (κ2) is 8.80. The van der Waals surface area contributed by atoms with E-state index < -0.39 is 16.2 Å². The van der Waals surface area contributed by atoms with E-state index in [1.54, 1.807) is 6.26 Å². The van der Waals surface area contributed by atoms with Crippen LogP contribution in [0.1, 0.15) is 24.2 Å². The molecule has 2 aromatic rings. The van der Waals surface area contributed by atoms with E-state index in [0.717, 1.165) is 11.3 Å². The van der Waals surface area contributed by atoms with Gasteiger partial charge in [0.2, 0.25) is 5.91 Å². The third-order valence-corrected chi connectivity index (χ3v) is 5.80. The van der Waals surface area contributed by atoms with Crippen molar-refractivity contribution in [1.29, 1.82) is 0 Å². The molecular weight excluding hydrogens is 364 g/mol. The van der Waals surface area contributed by atoms with Gasteiger partial charge in [0.25, 0.3) is 0 Å². The van der Waals surface area contributed by atoms with Crippen molar-refractivity contribution in [2.45, 2.75) is 26.2 Å². The minimum atomic E-state index is -0.926. The zero-order valence-corrected chi connectivity index (χ0v) is 16.6. The van der Waals surface area contributed by atoms with E-state index in [1.165, 1.54) is 5.56 Å². The molecular formula is C20H26N2O4S. The maximum atomic E-state index is 12.9. The molecule has 7 heteroatoms. The first-order valence-corrected chi connectivity index (χ1v) is 10.9. The van der Waals surface area contributed by atoms with Crippen molar-refractivity contribution in [1.82, 2.24) is 10.5 Å². The van der Waals surface area contributed by atoms with E-state index in [2.05, 4.69) is 10.5 Å². The fourth-order valence-electron chi connectivity index (χ4n) is 3.33. The summed E-state index contributed by atoms with van der Waals surface area (Å²) in [5.41, 5.74) is 2.38. The maximum Gasteiger partial charge on any atom is 0.226 e.